The number of rotatable bonds is 5. The Kier molecular flexibility index (Phi) is 4.33. The lowest BCUT2D eigenvalue weighted by Crippen LogP contribution is -2.05. The summed E-state index contributed by atoms with van der Waals surface area (Å²) in [6.07, 6.45) is 0. The van der Waals surface area contributed by atoms with Gasteiger partial charge in [-0.1, -0.05) is 21.8 Å². The monoisotopic (exact) mass is 331 g/mol. The van der Waals surface area contributed by atoms with Gasteiger partial charge in [0, 0.05) is 11.6 Å². The van der Waals surface area contributed by atoms with E-state index in [9.17, 15) is 4.79 Å². The fraction of sp³-hybridized carbons (Fsp3) is 0.200. The van der Waals surface area contributed by atoms with E-state index in [1.54, 1.807) is 20.1 Å². The maximum absolute atomic E-state index is 11.9. The highest BCUT2D eigenvalue weighted by Crippen LogP contribution is 2.24. The molecule has 1 aromatic carbocycles. The standard InChI is InChI=1S/C15H13N3O4S/c1-9-14(23-18-16-9)15(19)21-8-11-7-13(22-17-11)10-4-3-5-12(6-10)20-2/h3-7H,8H2,1-2H3. The molecule has 0 saturated carbocycles. The minimum absolute atomic E-state index is 0.0175. The molecule has 118 valence electrons. The van der Waals surface area contributed by atoms with Crippen molar-refractivity contribution in [3.8, 4) is 17.1 Å². The summed E-state index contributed by atoms with van der Waals surface area (Å²) < 4.78 is 19.3. The molecule has 0 N–H and O–H groups in total. The lowest BCUT2D eigenvalue weighted by molar-refractivity contribution is 0.0469. The molecule has 0 aliphatic carbocycles. The molecule has 8 heteroatoms. The zero-order valence-electron chi connectivity index (χ0n) is 12.5. The van der Waals surface area contributed by atoms with Crippen LogP contribution in [0.15, 0.2) is 34.9 Å². The summed E-state index contributed by atoms with van der Waals surface area (Å²) in [6.45, 7) is 1.72. The Morgan fingerprint density at radius 2 is 2.22 bits per heavy atom. The summed E-state index contributed by atoms with van der Waals surface area (Å²) in [6, 6.07) is 9.14. The molecular formula is C15H13N3O4S. The van der Waals surface area contributed by atoms with Gasteiger partial charge in [0.15, 0.2) is 10.6 Å². The van der Waals surface area contributed by atoms with Gasteiger partial charge in [-0.25, -0.2) is 4.79 Å². The van der Waals surface area contributed by atoms with Crippen molar-refractivity contribution < 1.29 is 18.8 Å². The molecular weight excluding hydrogens is 318 g/mol. The van der Waals surface area contributed by atoms with Crippen molar-refractivity contribution in [1.82, 2.24) is 14.7 Å². The van der Waals surface area contributed by atoms with E-state index in [1.807, 2.05) is 24.3 Å². The van der Waals surface area contributed by atoms with Gasteiger partial charge in [0.25, 0.3) is 0 Å². The Balaban J connectivity index is 1.68. The van der Waals surface area contributed by atoms with Crippen LogP contribution in [0.3, 0.4) is 0 Å². The third kappa shape index (κ3) is 3.37. The van der Waals surface area contributed by atoms with Crippen LogP contribution in [-0.2, 0) is 11.3 Å². The molecule has 2 aromatic heterocycles. The zero-order chi connectivity index (χ0) is 16.2. The molecule has 0 fully saturated rings. The molecule has 0 amide bonds. The van der Waals surface area contributed by atoms with Crippen molar-refractivity contribution in [2.24, 2.45) is 0 Å². The smallest absolute Gasteiger partial charge is 0.352 e. The van der Waals surface area contributed by atoms with Crippen molar-refractivity contribution in [1.29, 1.82) is 0 Å². The first kappa shape index (κ1) is 15.2. The lowest BCUT2D eigenvalue weighted by Gasteiger charge is -2.00. The number of esters is 1. The van der Waals surface area contributed by atoms with Crippen molar-refractivity contribution in [2.75, 3.05) is 7.11 Å². The van der Waals surface area contributed by atoms with Crippen LogP contribution < -0.4 is 4.74 Å². The molecule has 0 radical (unpaired) electrons. The minimum atomic E-state index is -0.469. The van der Waals surface area contributed by atoms with Gasteiger partial charge in [-0.05, 0) is 30.6 Å². The number of benzene rings is 1. The topological polar surface area (TPSA) is 87.3 Å². The fourth-order valence-corrected chi connectivity index (χ4v) is 2.47. The number of aryl methyl sites for hydroxylation is 1. The Labute approximate surface area is 136 Å². The maximum atomic E-state index is 11.9. The van der Waals surface area contributed by atoms with Gasteiger partial charge < -0.3 is 14.0 Å². The van der Waals surface area contributed by atoms with E-state index >= 15 is 0 Å². The summed E-state index contributed by atoms with van der Waals surface area (Å²) in [5.74, 6) is 0.828. The molecule has 3 aromatic rings. The number of ether oxygens (including phenoxy) is 2. The number of methoxy groups -OCH3 is 1. The number of carbonyl (C=O) groups is 1. The molecule has 0 bridgehead atoms. The number of aromatic nitrogens is 3. The summed E-state index contributed by atoms with van der Waals surface area (Å²) >= 11 is 1.01. The molecule has 0 saturated heterocycles. The van der Waals surface area contributed by atoms with Crippen molar-refractivity contribution in [3.05, 3.63) is 46.6 Å². The fourth-order valence-electron chi connectivity index (χ4n) is 1.92. The first-order valence-electron chi connectivity index (χ1n) is 6.73. The Bertz CT molecular complexity index is 828. The van der Waals surface area contributed by atoms with E-state index in [2.05, 4.69) is 14.7 Å². The molecule has 0 spiro atoms. The second-order valence-corrected chi connectivity index (χ2v) is 5.43. The zero-order valence-corrected chi connectivity index (χ0v) is 13.3. The average molecular weight is 331 g/mol. The summed E-state index contributed by atoms with van der Waals surface area (Å²) in [5.41, 5.74) is 1.90. The van der Waals surface area contributed by atoms with E-state index in [-0.39, 0.29) is 6.61 Å². The third-order valence-corrected chi connectivity index (χ3v) is 3.91. The normalized spacial score (nSPS) is 10.5. The highest BCUT2D eigenvalue weighted by molar-refractivity contribution is 7.07. The van der Waals surface area contributed by atoms with Crippen molar-refractivity contribution in [3.63, 3.8) is 0 Å². The Hall–Kier alpha value is -2.74. The summed E-state index contributed by atoms with van der Waals surface area (Å²) in [5, 5.41) is 7.68. The molecule has 3 rings (SSSR count). The van der Waals surface area contributed by atoms with Crippen molar-refractivity contribution >= 4 is 17.5 Å². The van der Waals surface area contributed by atoms with Gasteiger partial charge in [-0.2, -0.15) is 0 Å². The predicted octanol–water partition coefficient (Wildman–Crippen LogP) is 2.87. The van der Waals surface area contributed by atoms with Crippen LogP contribution in [0.25, 0.3) is 11.3 Å². The number of nitrogens with zero attached hydrogens (tertiary/aromatic N) is 3. The molecule has 23 heavy (non-hydrogen) atoms. The summed E-state index contributed by atoms with van der Waals surface area (Å²) in [4.78, 5) is 12.3. The van der Waals surface area contributed by atoms with Gasteiger partial charge in [0.1, 0.15) is 18.1 Å². The van der Waals surface area contributed by atoms with Crippen LogP contribution in [0, 0.1) is 6.92 Å². The minimum Gasteiger partial charge on any atom is -0.497 e. The average Bonchev–Trinajstić information content (AvgIpc) is 3.21. The van der Waals surface area contributed by atoms with E-state index < -0.39 is 5.97 Å². The molecule has 0 atom stereocenters. The van der Waals surface area contributed by atoms with E-state index in [0.717, 1.165) is 22.8 Å². The molecule has 0 unspecified atom stereocenters. The second-order valence-electron chi connectivity index (χ2n) is 4.68. The quantitative estimate of drug-likeness (QED) is 0.664. The predicted molar refractivity (Wildman–Crippen MR) is 82.3 cm³/mol. The van der Waals surface area contributed by atoms with Crippen LogP contribution in [0.4, 0.5) is 0 Å². The molecule has 7 nitrogen and oxygen atoms in total. The van der Waals surface area contributed by atoms with Gasteiger partial charge in [0.2, 0.25) is 0 Å². The first-order chi connectivity index (χ1) is 11.2. The van der Waals surface area contributed by atoms with Crippen LogP contribution in [0.5, 0.6) is 5.75 Å². The molecule has 0 aliphatic rings. The van der Waals surface area contributed by atoms with Gasteiger partial charge in [0.05, 0.1) is 12.8 Å². The number of hydrogen-bond donors (Lipinski definition) is 0. The molecule has 2 heterocycles. The third-order valence-electron chi connectivity index (χ3n) is 3.10. The van der Waals surface area contributed by atoms with E-state index in [0.29, 0.717) is 22.0 Å². The Morgan fingerprint density at radius 3 is 2.96 bits per heavy atom. The van der Waals surface area contributed by atoms with Crippen LogP contribution in [0.1, 0.15) is 21.1 Å². The van der Waals surface area contributed by atoms with E-state index in [1.165, 1.54) is 0 Å². The number of carbonyl (C=O) groups excluding carboxylic acids is 1. The van der Waals surface area contributed by atoms with Gasteiger partial charge >= 0.3 is 5.97 Å². The summed E-state index contributed by atoms with van der Waals surface area (Å²) in [7, 11) is 1.60. The highest BCUT2D eigenvalue weighted by Gasteiger charge is 2.16. The van der Waals surface area contributed by atoms with Crippen LogP contribution in [0.2, 0.25) is 0 Å². The molecule has 0 aliphatic heterocycles. The lowest BCUT2D eigenvalue weighted by atomic mass is 10.1. The van der Waals surface area contributed by atoms with Crippen molar-refractivity contribution in [2.45, 2.75) is 13.5 Å². The van der Waals surface area contributed by atoms with Crippen LogP contribution in [-0.4, -0.2) is 27.8 Å². The van der Waals surface area contributed by atoms with Crippen LogP contribution >= 0.6 is 11.5 Å². The highest BCUT2D eigenvalue weighted by atomic mass is 32.1. The van der Waals surface area contributed by atoms with E-state index in [4.69, 9.17) is 14.0 Å². The second kappa shape index (κ2) is 6.57. The number of hydrogen-bond acceptors (Lipinski definition) is 8. The maximum Gasteiger partial charge on any atom is 0.352 e. The largest absolute Gasteiger partial charge is 0.497 e. The Morgan fingerprint density at radius 1 is 1.35 bits per heavy atom. The van der Waals surface area contributed by atoms with Gasteiger partial charge in [-0.3, -0.25) is 0 Å². The SMILES string of the molecule is COc1cccc(-c2cc(COC(=O)c3snnc3C)no2)c1. The van der Waals surface area contributed by atoms with Gasteiger partial charge in [-0.15, -0.1) is 5.10 Å². The first-order valence-corrected chi connectivity index (χ1v) is 7.51.